The fourth-order valence-electron chi connectivity index (χ4n) is 4.31. The van der Waals surface area contributed by atoms with Gasteiger partial charge >= 0.3 is 6.03 Å². The van der Waals surface area contributed by atoms with Crippen LogP contribution in [0.15, 0.2) is 35.2 Å². The highest BCUT2D eigenvalue weighted by Crippen LogP contribution is 2.42. The Balaban J connectivity index is 1.67. The topological polar surface area (TPSA) is 83.6 Å². The Morgan fingerprint density at radius 2 is 1.73 bits per heavy atom. The molecule has 3 amide bonds. The van der Waals surface area contributed by atoms with Crippen molar-refractivity contribution < 1.29 is 18.0 Å². The summed E-state index contributed by atoms with van der Waals surface area (Å²) in [6, 6.07) is 7.85. The summed E-state index contributed by atoms with van der Waals surface area (Å²) in [6.07, 6.45) is 3.11. The molecule has 1 saturated carbocycles. The zero-order valence-corrected chi connectivity index (χ0v) is 16.1. The summed E-state index contributed by atoms with van der Waals surface area (Å²) < 4.78 is 24.7. The third-order valence-corrected chi connectivity index (χ3v) is 7.70. The summed E-state index contributed by atoms with van der Waals surface area (Å²) in [7, 11) is -3.41. The van der Waals surface area contributed by atoms with Crippen LogP contribution in [0.5, 0.6) is 0 Å². The van der Waals surface area contributed by atoms with Crippen molar-refractivity contribution in [3.05, 3.63) is 30.3 Å². The van der Waals surface area contributed by atoms with Gasteiger partial charge in [-0.15, -0.1) is 0 Å². The molecule has 0 aromatic heterocycles. The maximum Gasteiger partial charge on any atom is 0.325 e. The SMILES string of the molecule is C[C@@H]1CCC[C@H](C)C12NC(=O)N(CCCS(=O)(=O)c1ccccc1)C2=O. The Bertz CT molecular complexity index is 781. The van der Waals surface area contributed by atoms with Crippen molar-refractivity contribution in [3.8, 4) is 0 Å². The molecule has 1 heterocycles. The third-order valence-electron chi connectivity index (χ3n) is 5.88. The molecule has 3 atom stereocenters. The number of nitrogens with zero attached hydrogens (tertiary/aromatic N) is 1. The summed E-state index contributed by atoms with van der Waals surface area (Å²) in [5, 5.41) is 2.94. The fourth-order valence-corrected chi connectivity index (χ4v) is 5.63. The molecule has 1 aliphatic carbocycles. The second-order valence-corrected chi connectivity index (χ2v) is 9.58. The van der Waals surface area contributed by atoms with Crippen molar-refractivity contribution in [2.24, 2.45) is 11.8 Å². The minimum Gasteiger partial charge on any atom is -0.323 e. The maximum atomic E-state index is 13.0. The molecular formula is C19H26N2O4S. The van der Waals surface area contributed by atoms with E-state index in [1.807, 2.05) is 13.8 Å². The van der Waals surface area contributed by atoms with Gasteiger partial charge in [-0.05, 0) is 43.2 Å². The molecule has 1 N–H and O–H groups in total. The normalized spacial score (nSPS) is 29.2. The highest BCUT2D eigenvalue weighted by atomic mass is 32.2. The second-order valence-electron chi connectivity index (χ2n) is 7.47. The molecular weight excluding hydrogens is 352 g/mol. The van der Waals surface area contributed by atoms with Crippen LogP contribution < -0.4 is 5.32 Å². The van der Waals surface area contributed by atoms with E-state index in [1.165, 1.54) is 4.90 Å². The number of rotatable bonds is 5. The van der Waals surface area contributed by atoms with Crippen LogP contribution in [0.1, 0.15) is 39.5 Å². The number of hydrogen-bond acceptors (Lipinski definition) is 4. The first-order valence-electron chi connectivity index (χ1n) is 9.21. The summed E-state index contributed by atoms with van der Waals surface area (Å²) in [5.74, 6) is -0.118. The van der Waals surface area contributed by atoms with Crippen LogP contribution in [0.2, 0.25) is 0 Å². The molecule has 3 rings (SSSR count). The van der Waals surface area contributed by atoms with Crippen LogP contribution in [0, 0.1) is 11.8 Å². The number of benzene rings is 1. The maximum absolute atomic E-state index is 13.0. The predicted octanol–water partition coefficient (Wildman–Crippen LogP) is 2.60. The molecule has 1 spiro atoms. The first kappa shape index (κ1) is 18.9. The Labute approximate surface area is 154 Å². The number of carbonyl (C=O) groups is 2. The molecule has 1 saturated heterocycles. The largest absolute Gasteiger partial charge is 0.325 e. The molecule has 0 radical (unpaired) electrons. The molecule has 6 nitrogen and oxygen atoms in total. The Hall–Kier alpha value is -1.89. The lowest BCUT2D eigenvalue weighted by molar-refractivity contribution is -0.136. The van der Waals surface area contributed by atoms with Gasteiger partial charge in [0.1, 0.15) is 5.54 Å². The van der Waals surface area contributed by atoms with Gasteiger partial charge in [0.05, 0.1) is 10.6 Å². The number of imide groups is 1. The van der Waals surface area contributed by atoms with Crippen molar-refractivity contribution in [1.29, 1.82) is 0 Å². The number of amides is 3. The number of nitrogens with one attached hydrogen (secondary N) is 1. The van der Waals surface area contributed by atoms with Gasteiger partial charge < -0.3 is 5.32 Å². The van der Waals surface area contributed by atoms with Gasteiger partial charge in [0.25, 0.3) is 5.91 Å². The Morgan fingerprint density at radius 1 is 1.12 bits per heavy atom. The molecule has 1 aromatic rings. The first-order valence-corrected chi connectivity index (χ1v) is 10.9. The third kappa shape index (κ3) is 3.13. The van der Waals surface area contributed by atoms with Crippen molar-refractivity contribution in [2.45, 2.75) is 50.0 Å². The lowest BCUT2D eigenvalue weighted by Gasteiger charge is -2.42. The van der Waals surface area contributed by atoms with E-state index >= 15 is 0 Å². The average molecular weight is 378 g/mol. The van der Waals surface area contributed by atoms with E-state index in [0.29, 0.717) is 0 Å². The second kappa shape index (κ2) is 7.02. The van der Waals surface area contributed by atoms with Crippen LogP contribution in [-0.2, 0) is 14.6 Å². The van der Waals surface area contributed by atoms with Gasteiger partial charge in [0.15, 0.2) is 9.84 Å². The molecule has 7 heteroatoms. The van der Waals surface area contributed by atoms with E-state index < -0.39 is 21.4 Å². The fraction of sp³-hybridized carbons (Fsp3) is 0.579. The van der Waals surface area contributed by atoms with Crippen molar-refractivity contribution in [3.63, 3.8) is 0 Å². The summed E-state index contributed by atoms with van der Waals surface area (Å²) >= 11 is 0. The molecule has 1 aliphatic heterocycles. The van der Waals surface area contributed by atoms with E-state index in [9.17, 15) is 18.0 Å². The van der Waals surface area contributed by atoms with Crippen LogP contribution in [-0.4, -0.2) is 43.1 Å². The van der Waals surface area contributed by atoms with E-state index in [1.54, 1.807) is 30.3 Å². The Morgan fingerprint density at radius 3 is 2.35 bits per heavy atom. The zero-order valence-electron chi connectivity index (χ0n) is 15.3. The molecule has 142 valence electrons. The lowest BCUT2D eigenvalue weighted by atomic mass is 9.67. The summed E-state index contributed by atoms with van der Waals surface area (Å²) in [6.45, 7) is 4.15. The minimum absolute atomic E-state index is 0.0840. The van der Waals surface area contributed by atoms with E-state index in [2.05, 4.69) is 5.32 Å². The zero-order chi connectivity index (χ0) is 18.9. The van der Waals surface area contributed by atoms with Gasteiger partial charge in [-0.3, -0.25) is 9.69 Å². The standard InChI is InChI=1S/C19H26N2O4S/c1-14-8-6-9-15(2)19(14)17(22)21(18(23)20-19)12-7-13-26(24,25)16-10-4-3-5-11-16/h3-5,10-11,14-15H,6-9,12-13H2,1-2H3,(H,20,23)/t14-,15+,19?. The van der Waals surface area contributed by atoms with Gasteiger partial charge in [0.2, 0.25) is 0 Å². The lowest BCUT2D eigenvalue weighted by Crippen LogP contribution is -2.58. The monoisotopic (exact) mass is 378 g/mol. The van der Waals surface area contributed by atoms with Crippen molar-refractivity contribution in [1.82, 2.24) is 10.2 Å². The van der Waals surface area contributed by atoms with Gasteiger partial charge in [-0.2, -0.15) is 0 Å². The predicted molar refractivity (Wildman–Crippen MR) is 98.3 cm³/mol. The quantitative estimate of drug-likeness (QED) is 0.798. The highest BCUT2D eigenvalue weighted by molar-refractivity contribution is 7.91. The molecule has 2 aliphatic rings. The number of carbonyl (C=O) groups excluding carboxylic acids is 2. The highest BCUT2D eigenvalue weighted by Gasteiger charge is 2.58. The van der Waals surface area contributed by atoms with Gasteiger partial charge in [0, 0.05) is 6.54 Å². The van der Waals surface area contributed by atoms with Crippen molar-refractivity contribution in [2.75, 3.05) is 12.3 Å². The van der Waals surface area contributed by atoms with E-state index in [-0.39, 0.29) is 41.4 Å². The molecule has 2 fully saturated rings. The van der Waals surface area contributed by atoms with E-state index in [0.717, 1.165) is 19.3 Å². The van der Waals surface area contributed by atoms with Crippen LogP contribution >= 0.6 is 0 Å². The summed E-state index contributed by atoms with van der Waals surface area (Å²) in [5.41, 5.74) is -0.826. The molecule has 1 unspecified atom stereocenters. The van der Waals surface area contributed by atoms with Gasteiger partial charge in [-0.25, -0.2) is 13.2 Å². The van der Waals surface area contributed by atoms with Crippen LogP contribution in [0.4, 0.5) is 4.79 Å². The average Bonchev–Trinajstić information content (AvgIpc) is 2.86. The summed E-state index contributed by atoms with van der Waals surface area (Å²) in [4.78, 5) is 26.9. The Kier molecular flexibility index (Phi) is 5.10. The van der Waals surface area contributed by atoms with E-state index in [4.69, 9.17) is 0 Å². The smallest absolute Gasteiger partial charge is 0.323 e. The van der Waals surface area contributed by atoms with Gasteiger partial charge in [-0.1, -0.05) is 38.5 Å². The minimum atomic E-state index is -3.41. The number of hydrogen-bond donors (Lipinski definition) is 1. The van der Waals surface area contributed by atoms with Crippen LogP contribution in [0.25, 0.3) is 0 Å². The molecule has 26 heavy (non-hydrogen) atoms. The van der Waals surface area contributed by atoms with Crippen molar-refractivity contribution >= 4 is 21.8 Å². The first-order chi connectivity index (χ1) is 12.3. The number of sulfone groups is 1. The molecule has 0 bridgehead atoms. The molecule has 1 aromatic carbocycles. The number of urea groups is 1. The van der Waals surface area contributed by atoms with Crippen LogP contribution in [0.3, 0.4) is 0 Å².